The monoisotopic (exact) mass is 305 g/mol. The van der Waals surface area contributed by atoms with Crippen LogP contribution in [-0.2, 0) is 11.2 Å². The van der Waals surface area contributed by atoms with Crippen molar-refractivity contribution in [1.29, 1.82) is 0 Å². The van der Waals surface area contributed by atoms with Gasteiger partial charge in [0.25, 0.3) is 0 Å². The summed E-state index contributed by atoms with van der Waals surface area (Å²) in [4.78, 5) is 6.79. The number of aliphatic hydroxyl groups is 1. The van der Waals surface area contributed by atoms with Gasteiger partial charge < -0.3 is 20.5 Å². The van der Waals surface area contributed by atoms with Crippen LogP contribution in [0.5, 0.6) is 0 Å². The van der Waals surface area contributed by atoms with E-state index >= 15 is 0 Å². The first kappa shape index (κ1) is 16.9. The van der Waals surface area contributed by atoms with Crippen molar-refractivity contribution in [3.8, 4) is 0 Å². The van der Waals surface area contributed by atoms with E-state index in [2.05, 4.69) is 16.8 Å². The molecule has 1 aromatic rings. The summed E-state index contributed by atoms with van der Waals surface area (Å²) in [6, 6.07) is 5.69. The number of rotatable bonds is 5. The molecule has 22 heavy (non-hydrogen) atoms. The zero-order valence-corrected chi connectivity index (χ0v) is 13.9. The quantitative estimate of drug-likeness (QED) is 0.645. The van der Waals surface area contributed by atoms with E-state index in [0.29, 0.717) is 6.42 Å². The minimum absolute atomic E-state index is 0.245. The van der Waals surface area contributed by atoms with Gasteiger partial charge in [0.2, 0.25) is 0 Å². The maximum absolute atomic E-state index is 9.84. The molecular weight excluding hydrogens is 278 g/mol. The molecule has 1 unspecified atom stereocenters. The zero-order valence-electron chi connectivity index (χ0n) is 13.9. The van der Waals surface area contributed by atoms with Crippen molar-refractivity contribution < 1.29 is 9.84 Å². The lowest BCUT2D eigenvalue weighted by molar-refractivity contribution is 0.106. The Balaban J connectivity index is 2.06. The molecule has 1 aromatic carbocycles. The first-order valence-electron chi connectivity index (χ1n) is 7.78. The predicted molar refractivity (Wildman–Crippen MR) is 89.6 cm³/mol. The molecule has 3 atom stereocenters. The van der Waals surface area contributed by atoms with Crippen LogP contribution in [-0.4, -0.2) is 48.8 Å². The molecule has 1 aliphatic rings. The summed E-state index contributed by atoms with van der Waals surface area (Å²) < 4.78 is 5.27. The molecule has 5 heteroatoms. The van der Waals surface area contributed by atoms with Gasteiger partial charge in [-0.25, -0.2) is 4.99 Å². The van der Waals surface area contributed by atoms with Crippen LogP contribution in [0.25, 0.3) is 0 Å². The second kappa shape index (κ2) is 7.22. The Kier molecular flexibility index (Phi) is 5.56. The number of benzene rings is 1. The molecule has 0 bridgehead atoms. The average molecular weight is 305 g/mol. The number of nitrogens with two attached hydrogens (primary N) is 1. The van der Waals surface area contributed by atoms with Crippen LogP contribution < -0.4 is 5.73 Å². The molecule has 0 saturated heterocycles. The van der Waals surface area contributed by atoms with Gasteiger partial charge in [-0.2, -0.15) is 0 Å². The van der Waals surface area contributed by atoms with E-state index in [1.54, 1.807) is 7.11 Å². The summed E-state index contributed by atoms with van der Waals surface area (Å²) in [5.74, 6) is 0.954. The molecule has 3 N–H and O–H groups in total. The summed E-state index contributed by atoms with van der Waals surface area (Å²) in [5, 5.41) is 9.84. The summed E-state index contributed by atoms with van der Waals surface area (Å²) in [7, 11) is 3.76. The number of aliphatic imine (C=N–C) groups is 1. The normalized spacial score (nSPS) is 22.5. The molecule has 1 aliphatic carbocycles. The molecule has 122 valence electrons. The Morgan fingerprint density at radius 1 is 1.55 bits per heavy atom. The number of aliphatic hydroxyl groups excluding tert-OH is 1. The van der Waals surface area contributed by atoms with Gasteiger partial charge in [0, 0.05) is 27.1 Å². The van der Waals surface area contributed by atoms with E-state index in [4.69, 9.17) is 10.5 Å². The summed E-state index contributed by atoms with van der Waals surface area (Å²) in [6.45, 7) is 4.96. The number of amidine groups is 1. The molecule has 0 aromatic heterocycles. The maximum Gasteiger partial charge on any atom is 0.101 e. The van der Waals surface area contributed by atoms with Crippen molar-refractivity contribution in [2.24, 2.45) is 10.7 Å². The zero-order chi connectivity index (χ0) is 16.3. The van der Waals surface area contributed by atoms with E-state index in [0.717, 1.165) is 35.6 Å². The Morgan fingerprint density at radius 3 is 2.95 bits per heavy atom. The summed E-state index contributed by atoms with van der Waals surface area (Å²) in [6.07, 6.45) is 1.36. The Morgan fingerprint density at radius 2 is 2.27 bits per heavy atom. The first-order valence-corrected chi connectivity index (χ1v) is 7.78. The van der Waals surface area contributed by atoms with E-state index in [9.17, 15) is 5.11 Å². The van der Waals surface area contributed by atoms with E-state index in [1.165, 1.54) is 0 Å². The van der Waals surface area contributed by atoms with Gasteiger partial charge in [-0.1, -0.05) is 6.07 Å². The number of hydrogen-bond acceptors (Lipinski definition) is 4. The van der Waals surface area contributed by atoms with Crippen LogP contribution in [0.1, 0.15) is 37.4 Å². The minimum Gasteiger partial charge on any atom is -0.391 e. The van der Waals surface area contributed by atoms with Crippen LogP contribution in [0.2, 0.25) is 0 Å². The lowest BCUT2D eigenvalue weighted by Gasteiger charge is -2.20. The molecule has 0 aliphatic heterocycles. The van der Waals surface area contributed by atoms with Crippen molar-refractivity contribution >= 4 is 11.5 Å². The second-order valence-corrected chi connectivity index (χ2v) is 6.10. The van der Waals surface area contributed by atoms with Gasteiger partial charge in [-0.3, -0.25) is 0 Å². The van der Waals surface area contributed by atoms with Crippen molar-refractivity contribution in [1.82, 2.24) is 4.90 Å². The summed E-state index contributed by atoms with van der Waals surface area (Å²) >= 11 is 0. The van der Waals surface area contributed by atoms with Crippen LogP contribution in [0.15, 0.2) is 23.2 Å². The minimum atomic E-state index is -0.478. The lowest BCUT2D eigenvalue weighted by atomic mass is 10.1. The van der Waals surface area contributed by atoms with Gasteiger partial charge in [-0.15, -0.1) is 0 Å². The Labute approximate surface area is 132 Å². The van der Waals surface area contributed by atoms with Crippen molar-refractivity contribution in [3.05, 3.63) is 29.3 Å². The van der Waals surface area contributed by atoms with Gasteiger partial charge >= 0.3 is 0 Å². The van der Waals surface area contributed by atoms with E-state index in [1.807, 2.05) is 32.2 Å². The highest BCUT2D eigenvalue weighted by atomic mass is 16.5. The van der Waals surface area contributed by atoms with Crippen LogP contribution >= 0.6 is 0 Å². The number of methoxy groups -OCH3 is 1. The Hall–Kier alpha value is -1.43. The number of nitrogens with zero attached hydrogens (tertiary/aromatic N) is 2. The van der Waals surface area contributed by atoms with Crippen molar-refractivity contribution in [3.63, 3.8) is 0 Å². The topological polar surface area (TPSA) is 71.1 Å². The lowest BCUT2D eigenvalue weighted by Crippen LogP contribution is -2.27. The van der Waals surface area contributed by atoms with Gasteiger partial charge in [-0.05, 0) is 43.5 Å². The fraction of sp³-hybridized carbons (Fsp3) is 0.588. The molecular formula is C17H27N3O2. The van der Waals surface area contributed by atoms with Crippen LogP contribution in [0.4, 0.5) is 5.69 Å². The molecule has 2 rings (SSSR count). The van der Waals surface area contributed by atoms with Crippen molar-refractivity contribution in [2.45, 2.75) is 44.9 Å². The smallest absolute Gasteiger partial charge is 0.101 e. The maximum atomic E-state index is 9.84. The number of fused-ring (bicyclic) bond motifs is 1. The highest BCUT2D eigenvalue weighted by Crippen LogP contribution is 2.32. The predicted octanol–water partition coefficient (Wildman–Crippen LogP) is 2.01. The molecule has 0 amide bonds. The standard InChI is InChI=1S/C17H27N3O2/c1-11(22-4)7-8-20(3)12(2)19-14-6-5-13-9-16(21)17(18)15(13)10-14/h5-6,10-11,16-17,21H,7-9,18H2,1-4H3/t11?,16-,17-/m1/s1. The van der Waals surface area contributed by atoms with Crippen LogP contribution in [0.3, 0.4) is 0 Å². The molecule has 0 spiro atoms. The van der Waals surface area contributed by atoms with E-state index < -0.39 is 6.10 Å². The van der Waals surface area contributed by atoms with Gasteiger partial charge in [0.15, 0.2) is 0 Å². The third-order valence-electron chi connectivity index (χ3n) is 4.45. The Bertz CT molecular complexity index is 545. The summed E-state index contributed by atoms with van der Waals surface area (Å²) in [5.41, 5.74) is 9.04. The molecule has 0 radical (unpaired) electrons. The number of hydrogen-bond donors (Lipinski definition) is 2. The average Bonchev–Trinajstić information content (AvgIpc) is 2.79. The highest BCUT2D eigenvalue weighted by molar-refractivity contribution is 5.82. The molecule has 0 fully saturated rings. The fourth-order valence-corrected chi connectivity index (χ4v) is 2.63. The highest BCUT2D eigenvalue weighted by Gasteiger charge is 2.27. The first-order chi connectivity index (χ1) is 10.4. The molecule has 0 heterocycles. The van der Waals surface area contributed by atoms with Gasteiger partial charge in [0.1, 0.15) is 5.84 Å². The van der Waals surface area contributed by atoms with E-state index in [-0.39, 0.29) is 12.1 Å². The van der Waals surface area contributed by atoms with Gasteiger partial charge in [0.05, 0.1) is 23.9 Å². The fourth-order valence-electron chi connectivity index (χ4n) is 2.63. The third kappa shape index (κ3) is 3.85. The van der Waals surface area contributed by atoms with Crippen molar-refractivity contribution in [2.75, 3.05) is 20.7 Å². The number of ether oxygens (including phenoxy) is 1. The molecule has 5 nitrogen and oxygen atoms in total. The third-order valence-corrected chi connectivity index (χ3v) is 4.45. The molecule has 0 saturated carbocycles. The second-order valence-electron chi connectivity index (χ2n) is 6.10. The van der Waals surface area contributed by atoms with Crippen LogP contribution in [0, 0.1) is 0 Å². The largest absolute Gasteiger partial charge is 0.391 e. The SMILES string of the molecule is COC(C)CCN(C)C(C)=Nc1ccc2c(c1)[C@@H](N)[C@H](O)C2.